The van der Waals surface area contributed by atoms with Gasteiger partial charge >= 0.3 is 22.7 Å². The minimum atomic E-state index is -4.67. The summed E-state index contributed by atoms with van der Waals surface area (Å²) in [6, 6.07) is 0. The van der Waals surface area contributed by atoms with Crippen LogP contribution in [0.15, 0.2) is 0 Å². The number of rotatable bonds is 0. The first kappa shape index (κ1) is 17.5. The zero-order valence-electron chi connectivity index (χ0n) is 5.72. The van der Waals surface area contributed by atoms with Crippen LogP contribution < -0.4 is 0 Å². The van der Waals surface area contributed by atoms with Gasteiger partial charge in [-0.1, -0.05) is 0 Å². The molecule has 0 fully saturated rings. The highest BCUT2D eigenvalue weighted by molar-refractivity contribution is 7.79. The molecule has 0 heterocycles. The fourth-order valence-corrected chi connectivity index (χ4v) is 0. The van der Waals surface area contributed by atoms with Crippen LogP contribution in [0.5, 0.6) is 0 Å². The Morgan fingerprint density at radius 2 is 0.769 bits per heavy atom. The van der Waals surface area contributed by atoms with E-state index < -0.39 is 22.7 Å². The van der Waals surface area contributed by atoms with Crippen LogP contribution in [0, 0.1) is 0 Å². The van der Waals surface area contributed by atoms with E-state index in [0.29, 0.717) is 0 Å². The third-order valence-electron chi connectivity index (χ3n) is 0. The molecule has 13 heavy (non-hydrogen) atoms. The molecule has 80 valence electrons. The summed E-state index contributed by atoms with van der Waals surface area (Å²) in [4.78, 5) is 17.1. The molecular weight excluding hydrogens is 216 g/mol. The molecule has 0 aromatic carbocycles. The number of carbonyl (C=O) groups is 2. The Labute approximate surface area is 71.2 Å². The molecule has 0 aromatic rings. The molecule has 6 N–H and O–H groups in total. The van der Waals surface area contributed by atoms with Gasteiger partial charge in [0.2, 0.25) is 0 Å². The van der Waals surface area contributed by atoms with E-state index in [1.54, 1.807) is 0 Å². The topological polar surface area (TPSA) is 190 Å². The normalized spacial score (nSPS) is 8.15. The van der Waals surface area contributed by atoms with Gasteiger partial charge in [-0.05, 0) is 0 Å². The van der Waals surface area contributed by atoms with E-state index in [0.717, 1.165) is 0 Å². The minimum absolute atomic E-state index is 1.83. The molecule has 0 aromatic heterocycles. The molecule has 0 atom stereocenters. The first-order chi connectivity index (χ1) is 5.46. The summed E-state index contributed by atoms with van der Waals surface area (Å²) in [5.41, 5.74) is 0. The lowest BCUT2D eigenvalue weighted by molar-refractivity contribution is 0.135. The Morgan fingerprint density at radius 1 is 0.769 bits per heavy atom. The predicted molar refractivity (Wildman–Crippen MR) is 35.5 cm³/mol. The van der Waals surface area contributed by atoms with E-state index in [-0.39, 0.29) is 0 Å². The van der Waals surface area contributed by atoms with E-state index in [2.05, 4.69) is 0 Å². The van der Waals surface area contributed by atoms with E-state index >= 15 is 0 Å². The first-order valence-electron chi connectivity index (χ1n) is 2.00. The van der Waals surface area contributed by atoms with Gasteiger partial charge in [-0.25, -0.2) is 9.59 Å². The van der Waals surface area contributed by atoms with Crippen molar-refractivity contribution in [2.75, 3.05) is 0 Å². The minimum Gasteiger partial charge on any atom is -0.450 e. The summed E-state index contributed by atoms with van der Waals surface area (Å²) in [6.07, 6.45) is -3.67. The quantitative estimate of drug-likeness (QED) is 0.299. The fourth-order valence-electron chi connectivity index (χ4n) is 0. The van der Waals surface area contributed by atoms with E-state index in [9.17, 15) is 0 Å². The van der Waals surface area contributed by atoms with Gasteiger partial charge in [0.15, 0.2) is 0 Å². The van der Waals surface area contributed by atoms with E-state index in [1.807, 2.05) is 0 Å². The maximum Gasteiger partial charge on any atom is 0.503 e. The van der Waals surface area contributed by atoms with Gasteiger partial charge < -0.3 is 20.4 Å². The monoisotopic (exact) mass is 222 g/mol. The summed E-state index contributed by atoms with van der Waals surface area (Å²) in [7, 11) is -4.67. The third-order valence-corrected chi connectivity index (χ3v) is 0. The largest absolute Gasteiger partial charge is 0.503 e. The fraction of sp³-hybridized carbons (Fsp3) is 0. The van der Waals surface area contributed by atoms with Crippen LogP contribution in [0.3, 0.4) is 0 Å². The Balaban J connectivity index is -0.000000117. The average Bonchev–Trinajstić information content (AvgIpc) is 1.50. The van der Waals surface area contributed by atoms with Gasteiger partial charge in [-0.2, -0.15) is 8.42 Å². The maximum absolute atomic E-state index is 8.74. The van der Waals surface area contributed by atoms with Crippen molar-refractivity contribution in [3.05, 3.63) is 0 Å². The molecular formula is C2H6O10S. The number of hydrogen-bond acceptors (Lipinski definition) is 4. The average molecular weight is 222 g/mol. The van der Waals surface area contributed by atoms with Crippen LogP contribution in [0.1, 0.15) is 0 Å². The highest BCUT2D eigenvalue weighted by atomic mass is 32.3. The zero-order valence-corrected chi connectivity index (χ0v) is 6.54. The molecule has 0 saturated carbocycles. The molecule has 0 bridgehead atoms. The molecule has 0 aliphatic heterocycles. The summed E-state index contributed by atoms with van der Waals surface area (Å²) in [5.74, 6) is 0. The third kappa shape index (κ3) is 291. The molecule has 11 heteroatoms. The lowest BCUT2D eigenvalue weighted by Crippen LogP contribution is -1.89. The molecule has 0 spiro atoms. The molecule has 0 rings (SSSR count). The molecule has 0 radical (unpaired) electrons. The van der Waals surface area contributed by atoms with Crippen molar-refractivity contribution in [2.24, 2.45) is 0 Å². The highest BCUT2D eigenvalue weighted by Crippen LogP contribution is 1.59. The lowest BCUT2D eigenvalue weighted by Gasteiger charge is -1.68. The van der Waals surface area contributed by atoms with Crippen LogP contribution in [0.2, 0.25) is 0 Å². The molecule has 0 unspecified atom stereocenters. The Kier molecular flexibility index (Phi) is 11.4. The van der Waals surface area contributed by atoms with Crippen molar-refractivity contribution in [3.8, 4) is 0 Å². The van der Waals surface area contributed by atoms with Gasteiger partial charge in [0.25, 0.3) is 0 Å². The Hall–Kier alpha value is -1.59. The summed E-state index contributed by atoms with van der Waals surface area (Å²) in [6.45, 7) is 0. The SMILES string of the molecule is O=C(O)O.O=C(O)O.O=S(=O)(O)O. The van der Waals surface area contributed by atoms with Gasteiger partial charge in [0.1, 0.15) is 0 Å². The van der Waals surface area contributed by atoms with Gasteiger partial charge in [0, 0.05) is 0 Å². The van der Waals surface area contributed by atoms with Crippen LogP contribution in [0.25, 0.3) is 0 Å². The molecule has 0 aliphatic carbocycles. The Bertz CT molecular complexity index is 208. The second-order valence-corrected chi connectivity index (χ2v) is 1.91. The predicted octanol–water partition coefficient (Wildman–Crippen LogP) is -0.208. The number of carboxylic acid groups (broad SMARTS) is 4. The van der Waals surface area contributed by atoms with Crippen LogP contribution in [0.4, 0.5) is 9.59 Å². The van der Waals surface area contributed by atoms with Crippen molar-refractivity contribution in [1.29, 1.82) is 0 Å². The van der Waals surface area contributed by atoms with Crippen LogP contribution in [-0.2, 0) is 10.4 Å². The van der Waals surface area contributed by atoms with Gasteiger partial charge in [-0.3, -0.25) is 9.11 Å². The second kappa shape index (κ2) is 8.51. The van der Waals surface area contributed by atoms with Crippen LogP contribution in [-0.4, -0.2) is 50.3 Å². The van der Waals surface area contributed by atoms with Crippen molar-refractivity contribution >= 4 is 22.7 Å². The highest BCUT2D eigenvalue weighted by Gasteiger charge is 1.84. The van der Waals surface area contributed by atoms with Gasteiger partial charge in [-0.15, -0.1) is 0 Å². The molecule has 0 amide bonds. The van der Waals surface area contributed by atoms with Crippen molar-refractivity contribution < 1.29 is 47.5 Å². The summed E-state index contributed by atoms with van der Waals surface area (Å²) in [5, 5.41) is 27.9. The van der Waals surface area contributed by atoms with Crippen molar-refractivity contribution in [2.45, 2.75) is 0 Å². The summed E-state index contributed by atoms with van der Waals surface area (Å²) < 4.78 is 31.6. The van der Waals surface area contributed by atoms with Crippen molar-refractivity contribution in [3.63, 3.8) is 0 Å². The first-order valence-corrected chi connectivity index (χ1v) is 3.40. The van der Waals surface area contributed by atoms with Crippen molar-refractivity contribution in [1.82, 2.24) is 0 Å². The number of hydrogen-bond donors (Lipinski definition) is 6. The van der Waals surface area contributed by atoms with Gasteiger partial charge in [0.05, 0.1) is 0 Å². The smallest absolute Gasteiger partial charge is 0.450 e. The zero-order chi connectivity index (χ0) is 11.7. The molecule has 0 aliphatic rings. The van der Waals surface area contributed by atoms with E-state index in [4.69, 9.17) is 47.5 Å². The van der Waals surface area contributed by atoms with E-state index in [1.165, 1.54) is 0 Å². The second-order valence-electron chi connectivity index (χ2n) is 1.01. The molecule has 0 saturated heterocycles. The maximum atomic E-state index is 8.74. The molecule has 10 nitrogen and oxygen atoms in total. The lowest BCUT2D eigenvalue weighted by atomic mass is 11.5. The standard InChI is InChI=1S/2CH2O3.H2O4S/c2*2-1(3)4;1-5(2,3)4/h2*(H2,2,3,4);(H2,1,2,3,4). The van der Waals surface area contributed by atoms with Crippen LogP contribution >= 0.6 is 0 Å². The summed E-state index contributed by atoms with van der Waals surface area (Å²) >= 11 is 0. The Morgan fingerprint density at radius 3 is 0.769 bits per heavy atom.